The molecule has 4 aromatic carbocycles. The second-order valence-corrected chi connectivity index (χ2v) is 7.44. The molecule has 0 heterocycles. The second-order valence-electron chi connectivity index (χ2n) is 7.44. The van der Waals surface area contributed by atoms with Gasteiger partial charge in [-0.3, -0.25) is 10.9 Å². The second kappa shape index (κ2) is 10.6. The van der Waals surface area contributed by atoms with E-state index in [-0.39, 0.29) is 11.5 Å². The van der Waals surface area contributed by atoms with Gasteiger partial charge in [-0.1, -0.05) is 48.5 Å². The summed E-state index contributed by atoms with van der Waals surface area (Å²) in [6, 6.07) is 30.0. The fourth-order valence-corrected chi connectivity index (χ4v) is 3.25. The van der Waals surface area contributed by atoms with Crippen molar-refractivity contribution in [1.82, 2.24) is 0 Å². The van der Waals surface area contributed by atoms with Gasteiger partial charge in [-0.25, -0.2) is 0 Å². The predicted octanol–water partition coefficient (Wildman–Crippen LogP) is 5.58. The number of aromatic hydroxyl groups is 2. The van der Waals surface area contributed by atoms with Gasteiger partial charge in [-0.15, -0.1) is 0 Å². The minimum atomic E-state index is 0.155. The molecule has 0 bridgehead atoms. The van der Waals surface area contributed by atoms with Gasteiger partial charge in [0.1, 0.15) is 11.5 Å². The Labute approximate surface area is 192 Å². The van der Waals surface area contributed by atoms with E-state index in [9.17, 15) is 10.2 Å². The van der Waals surface area contributed by atoms with Crippen LogP contribution in [0.4, 0.5) is 11.4 Å². The highest BCUT2D eigenvalue weighted by Crippen LogP contribution is 2.22. The number of benzene rings is 4. The summed E-state index contributed by atoms with van der Waals surface area (Å²) in [5, 5.41) is 28.8. The normalized spacial score (nSPS) is 11.2. The van der Waals surface area contributed by atoms with Crippen molar-refractivity contribution < 1.29 is 10.2 Å². The minimum Gasteiger partial charge on any atom is -0.507 e. The van der Waals surface area contributed by atoms with Crippen LogP contribution in [0.1, 0.15) is 22.3 Å². The highest BCUT2D eigenvalue weighted by atomic mass is 16.3. The maximum absolute atomic E-state index is 10.2. The molecule has 33 heavy (non-hydrogen) atoms. The van der Waals surface area contributed by atoms with E-state index in [1.54, 1.807) is 24.6 Å². The monoisotopic (exact) mass is 436 g/mol. The fourth-order valence-electron chi connectivity index (χ4n) is 3.25. The van der Waals surface area contributed by atoms with Gasteiger partial charge >= 0.3 is 0 Å². The van der Waals surface area contributed by atoms with Crippen LogP contribution in [0, 0.1) is 0 Å². The third-order valence-corrected chi connectivity index (χ3v) is 4.93. The summed E-state index contributed by atoms with van der Waals surface area (Å²) >= 11 is 0. The molecule has 6 nitrogen and oxygen atoms in total. The first kappa shape index (κ1) is 21.6. The first-order valence-corrected chi connectivity index (χ1v) is 10.5. The number of rotatable bonds is 8. The van der Waals surface area contributed by atoms with Crippen molar-refractivity contribution in [3.8, 4) is 11.5 Å². The molecular weight excluding hydrogens is 412 g/mol. The van der Waals surface area contributed by atoms with Crippen LogP contribution in [0.3, 0.4) is 0 Å². The first-order valence-electron chi connectivity index (χ1n) is 10.5. The summed E-state index contributed by atoms with van der Waals surface area (Å²) in [7, 11) is 0. The molecule has 4 N–H and O–H groups in total. The number of hydrogen-bond donors (Lipinski definition) is 4. The Bertz CT molecular complexity index is 1160. The fraction of sp³-hybridized carbons (Fsp3) is 0.0370. The molecule has 0 saturated heterocycles. The average Bonchev–Trinajstić information content (AvgIpc) is 2.84. The van der Waals surface area contributed by atoms with E-state index in [2.05, 4.69) is 21.1 Å². The Morgan fingerprint density at radius 2 is 1.00 bits per heavy atom. The molecule has 4 aromatic rings. The molecule has 0 atom stereocenters. The first-order chi connectivity index (χ1) is 16.2. The van der Waals surface area contributed by atoms with Crippen LogP contribution in [0.15, 0.2) is 107 Å². The number of nitrogens with one attached hydrogen (secondary N) is 2. The molecule has 0 radical (unpaired) electrons. The molecule has 164 valence electrons. The lowest BCUT2D eigenvalue weighted by atomic mass is 10.0. The Morgan fingerprint density at radius 1 is 0.576 bits per heavy atom. The number of phenols is 2. The van der Waals surface area contributed by atoms with E-state index in [4.69, 9.17) is 0 Å². The van der Waals surface area contributed by atoms with Gasteiger partial charge in [0.15, 0.2) is 0 Å². The lowest BCUT2D eigenvalue weighted by Crippen LogP contribution is -1.95. The van der Waals surface area contributed by atoms with Crippen LogP contribution < -0.4 is 10.9 Å². The van der Waals surface area contributed by atoms with Crippen LogP contribution in [-0.2, 0) is 6.42 Å². The van der Waals surface area contributed by atoms with E-state index < -0.39 is 0 Å². The Kier molecular flexibility index (Phi) is 6.98. The van der Waals surface area contributed by atoms with Gasteiger partial charge in [-0.2, -0.15) is 10.2 Å². The average molecular weight is 437 g/mol. The molecule has 0 saturated carbocycles. The molecular formula is C27H24N4O2. The molecule has 4 rings (SSSR count). The van der Waals surface area contributed by atoms with Gasteiger partial charge in [0.2, 0.25) is 0 Å². The minimum absolute atomic E-state index is 0.155. The zero-order chi connectivity index (χ0) is 22.9. The van der Waals surface area contributed by atoms with Gasteiger partial charge in [0.25, 0.3) is 0 Å². The van der Waals surface area contributed by atoms with E-state index in [0.29, 0.717) is 17.5 Å². The van der Waals surface area contributed by atoms with Gasteiger partial charge in [-0.05, 0) is 66.1 Å². The Balaban J connectivity index is 1.45. The van der Waals surface area contributed by atoms with Gasteiger partial charge in [0.05, 0.1) is 23.8 Å². The van der Waals surface area contributed by atoms with Crippen LogP contribution in [0.2, 0.25) is 0 Å². The van der Waals surface area contributed by atoms with Crippen molar-refractivity contribution in [2.75, 3.05) is 10.9 Å². The lowest BCUT2D eigenvalue weighted by Gasteiger charge is -2.07. The highest BCUT2D eigenvalue weighted by molar-refractivity contribution is 5.85. The van der Waals surface area contributed by atoms with Crippen LogP contribution in [0.5, 0.6) is 11.5 Å². The molecule has 6 heteroatoms. The molecule has 0 aliphatic carbocycles. The van der Waals surface area contributed by atoms with E-state index in [1.807, 2.05) is 84.9 Å². The predicted molar refractivity (Wildman–Crippen MR) is 134 cm³/mol. The van der Waals surface area contributed by atoms with E-state index >= 15 is 0 Å². The summed E-state index contributed by atoms with van der Waals surface area (Å²) in [6.07, 6.45) is 3.81. The largest absolute Gasteiger partial charge is 0.507 e. The quantitative estimate of drug-likeness (QED) is 0.214. The summed E-state index contributed by atoms with van der Waals surface area (Å²) in [5.74, 6) is 0.311. The number of hydrazone groups is 2. The molecule has 0 amide bonds. The number of phenolic OH excluding ortho intramolecular Hbond substituents is 2. The summed E-state index contributed by atoms with van der Waals surface area (Å²) in [5.41, 5.74) is 10.9. The number of anilines is 2. The molecule has 0 spiro atoms. The SMILES string of the molecule is Oc1ccc(Cc2ccc(O)c(/C=N/Nc3ccccc3)c2)cc1/C=N/Nc1ccccc1. The van der Waals surface area contributed by atoms with E-state index in [1.165, 1.54) is 0 Å². The van der Waals surface area contributed by atoms with Crippen LogP contribution >= 0.6 is 0 Å². The summed E-state index contributed by atoms with van der Waals surface area (Å²) in [4.78, 5) is 0. The van der Waals surface area contributed by atoms with Crippen molar-refractivity contribution in [3.63, 3.8) is 0 Å². The van der Waals surface area contributed by atoms with Gasteiger partial charge < -0.3 is 10.2 Å². The Morgan fingerprint density at radius 3 is 1.42 bits per heavy atom. The third kappa shape index (κ3) is 6.21. The number of nitrogens with zero attached hydrogens (tertiary/aromatic N) is 2. The zero-order valence-electron chi connectivity index (χ0n) is 17.9. The molecule has 0 aliphatic heterocycles. The molecule has 0 unspecified atom stereocenters. The maximum atomic E-state index is 10.2. The lowest BCUT2D eigenvalue weighted by molar-refractivity contribution is 0.474. The van der Waals surface area contributed by atoms with Crippen molar-refractivity contribution in [2.24, 2.45) is 10.2 Å². The van der Waals surface area contributed by atoms with Crippen molar-refractivity contribution in [3.05, 3.63) is 119 Å². The molecule has 0 fully saturated rings. The zero-order valence-corrected chi connectivity index (χ0v) is 17.9. The smallest absolute Gasteiger partial charge is 0.124 e. The maximum Gasteiger partial charge on any atom is 0.124 e. The topological polar surface area (TPSA) is 89.2 Å². The molecule has 0 aliphatic rings. The summed E-state index contributed by atoms with van der Waals surface area (Å²) < 4.78 is 0. The highest BCUT2D eigenvalue weighted by Gasteiger charge is 2.05. The van der Waals surface area contributed by atoms with Crippen LogP contribution in [0.25, 0.3) is 0 Å². The molecule has 0 aromatic heterocycles. The number of hydrogen-bond acceptors (Lipinski definition) is 6. The standard InChI is InChI=1S/C27H24N4O2/c32-26-13-11-20(16-22(26)18-28-30-24-7-3-1-4-8-24)15-21-12-14-27(33)23(17-21)19-29-31-25-9-5-2-6-10-25/h1-14,16-19,30-33H,15H2/b28-18+,29-19+. The number of para-hydroxylation sites is 2. The Hall–Kier alpha value is -4.58. The third-order valence-electron chi connectivity index (χ3n) is 4.93. The van der Waals surface area contributed by atoms with Crippen molar-refractivity contribution >= 4 is 23.8 Å². The van der Waals surface area contributed by atoms with Crippen LogP contribution in [-0.4, -0.2) is 22.6 Å². The van der Waals surface area contributed by atoms with Crippen molar-refractivity contribution in [2.45, 2.75) is 6.42 Å². The summed E-state index contributed by atoms with van der Waals surface area (Å²) in [6.45, 7) is 0. The van der Waals surface area contributed by atoms with E-state index in [0.717, 1.165) is 22.5 Å². The van der Waals surface area contributed by atoms with Crippen molar-refractivity contribution in [1.29, 1.82) is 0 Å². The van der Waals surface area contributed by atoms with Gasteiger partial charge in [0, 0.05) is 11.1 Å².